The smallest absolute Gasteiger partial charge is 0.273 e. The minimum atomic E-state index is -0.212. The Balaban J connectivity index is 1.60. The molecule has 152 valence electrons. The van der Waals surface area contributed by atoms with Crippen molar-refractivity contribution in [3.8, 4) is 11.5 Å². The number of methoxy groups -OCH3 is 1. The summed E-state index contributed by atoms with van der Waals surface area (Å²) in [5, 5.41) is 6.79. The van der Waals surface area contributed by atoms with Gasteiger partial charge in [-0.2, -0.15) is 0 Å². The van der Waals surface area contributed by atoms with Gasteiger partial charge in [0.05, 0.1) is 7.11 Å². The van der Waals surface area contributed by atoms with Crippen molar-refractivity contribution in [2.24, 2.45) is 0 Å². The Hall–Kier alpha value is -2.54. The summed E-state index contributed by atoms with van der Waals surface area (Å²) in [6.45, 7) is 8.93. The molecule has 7 heteroatoms. The number of ether oxygens (including phenoxy) is 2. The van der Waals surface area contributed by atoms with Crippen molar-refractivity contribution in [1.29, 1.82) is 0 Å². The number of carbonyl (C=O) groups is 1. The fourth-order valence-corrected chi connectivity index (χ4v) is 3.20. The number of hydrogen-bond acceptors (Lipinski definition) is 6. The number of carbonyl (C=O) groups excluding carboxylic acids is 1. The number of fused-ring (bicyclic) bond motifs is 1. The summed E-state index contributed by atoms with van der Waals surface area (Å²) in [6, 6.07) is 7.61. The number of rotatable bonds is 7. The molecule has 0 fully saturated rings. The molecule has 1 N–H and O–H groups in total. The summed E-state index contributed by atoms with van der Waals surface area (Å²) >= 11 is 0. The van der Waals surface area contributed by atoms with Crippen LogP contribution in [0.4, 0.5) is 0 Å². The summed E-state index contributed by atoms with van der Waals surface area (Å²) in [4.78, 5) is 14.6. The monoisotopic (exact) mass is 387 g/mol. The Morgan fingerprint density at radius 3 is 2.89 bits per heavy atom. The van der Waals surface area contributed by atoms with Gasteiger partial charge in [0.25, 0.3) is 5.91 Å². The van der Waals surface area contributed by atoms with Gasteiger partial charge in [0.15, 0.2) is 5.69 Å². The lowest BCUT2D eigenvalue weighted by Crippen LogP contribution is -2.38. The van der Waals surface area contributed by atoms with Crippen LogP contribution >= 0.6 is 0 Å². The molecule has 1 unspecified atom stereocenters. The molecule has 1 amide bonds. The van der Waals surface area contributed by atoms with Crippen LogP contribution in [0.3, 0.4) is 0 Å². The predicted molar refractivity (Wildman–Crippen MR) is 106 cm³/mol. The van der Waals surface area contributed by atoms with E-state index in [1.807, 2.05) is 32.0 Å². The minimum Gasteiger partial charge on any atom is -0.497 e. The van der Waals surface area contributed by atoms with E-state index >= 15 is 0 Å². The molecule has 1 aromatic carbocycles. The Morgan fingerprint density at radius 1 is 1.39 bits per heavy atom. The van der Waals surface area contributed by atoms with Crippen LogP contribution in [0.5, 0.6) is 11.5 Å². The maximum absolute atomic E-state index is 12.3. The van der Waals surface area contributed by atoms with E-state index in [1.165, 1.54) is 0 Å². The van der Waals surface area contributed by atoms with Gasteiger partial charge >= 0.3 is 0 Å². The van der Waals surface area contributed by atoms with Crippen molar-refractivity contribution >= 4 is 5.91 Å². The number of benzene rings is 1. The first-order valence-electron chi connectivity index (χ1n) is 9.80. The topological polar surface area (TPSA) is 76.8 Å². The van der Waals surface area contributed by atoms with Crippen LogP contribution in [-0.2, 0) is 6.54 Å². The van der Waals surface area contributed by atoms with Gasteiger partial charge in [-0.05, 0) is 24.6 Å². The van der Waals surface area contributed by atoms with E-state index in [-0.39, 0.29) is 17.9 Å². The molecular weight excluding hydrogens is 358 g/mol. The first kappa shape index (κ1) is 20.2. The Bertz CT molecular complexity index is 803. The fourth-order valence-electron chi connectivity index (χ4n) is 3.20. The molecule has 0 saturated carbocycles. The largest absolute Gasteiger partial charge is 0.497 e. The molecule has 1 atom stereocenters. The van der Waals surface area contributed by atoms with E-state index in [2.05, 4.69) is 22.3 Å². The van der Waals surface area contributed by atoms with Crippen molar-refractivity contribution in [2.45, 2.75) is 45.8 Å². The fraction of sp³-hybridized carbons (Fsp3) is 0.524. The summed E-state index contributed by atoms with van der Waals surface area (Å²) in [6.07, 6.45) is 1.04. The number of nitrogens with zero attached hydrogens (tertiary/aromatic N) is 2. The molecule has 1 aliphatic heterocycles. The highest BCUT2D eigenvalue weighted by molar-refractivity contribution is 5.92. The lowest BCUT2D eigenvalue weighted by Gasteiger charge is -2.23. The van der Waals surface area contributed by atoms with Gasteiger partial charge in [-0.15, -0.1) is 0 Å². The lowest BCUT2D eigenvalue weighted by atomic mass is 10.1. The van der Waals surface area contributed by atoms with Crippen LogP contribution in [0.1, 0.15) is 54.9 Å². The highest BCUT2D eigenvalue weighted by Crippen LogP contribution is 2.29. The molecule has 0 saturated heterocycles. The molecular formula is C21H29N3O4. The Morgan fingerprint density at radius 2 is 2.21 bits per heavy atom. The zero-order valence-corrected chi connectivity index (χ0v) is 17.0. The van der Waals surface area contributed by atoms with Crippen molar-refractivity contribution in [1.82, 2.24) is 15.4 Å². The highest BCUT2D eigenvalue weighted by atomic mass is 16.5. The Kier molecular flexibility index (Phi) is 6.57. The maximum atomic E-state index is 12.3. The van der Waals surface area contributed by atoms with E-state index in [1.54, 1.807) is 13.2 Å². The first-order valence-corrected chi connectivity index (χ1v) is 9.80. The van der Waals surface area contributed by atoms with E-state index < -0.39 is 0 Å². The number of hydrogen-bond donors (Lipinski definition) is 1. The zero-order valence-electron chi connectivity index (χ0n) is 17.0. The van der Waals surface area contributed by atoms with Gasteiger partial charge < -0.3 is 19.3 Å². The summed E-state index contributed by atoms with van der Waals surface area (Å²) < 4.78 is 16.7. The SMILES string of the molecule is CCC1CN(CCNC(=O)c2cc(C(C)C)on2)Cc2cc(OC)ccc2O1. The molecule has 1 aliphatic rings. The quantitative estimate of drug-likeness (QED) is 0.786. The van der Waals surface area contributed by atoms with Crippen LogP contribution in [0.15, 0.2) is 28.8 Å². The van der Waals surface area contributed by atoms with Gasteiger partial charge in [-0.3, -0.25) is 9.69 Å². The van der Waals surface area contributed by atoms with Gasteiger partial charge in [-0.1, -0.05) is 25.9 Å². The van der Waals surface area contributed by atoms with Crippen LogP contribution in [0.25, 0.3) is 0 Å². The van der Waals surface area contributed by atoms with E-state index in [9.17, 15) is 4.79 Å². The second kappa shape index (κ2) is 9.10. The van der Waals surface area contributed by atoms with Gasteiger partial charge in [0.1, 0.15) is 23.4 Å². The van der Waals surface area contributed by atoms with Gasteiger partial charge in [0.2, 0.25) is 0 Å². The third-order valence-electron chi connectivity index (χ3n) is 4.92. The normalized spacial score (nSPS) is 17.0. The molecule has 0 aliphatic carbocycles. The number of aromatic nitrogens is 1. The van der Waals surface area contributed by atoms with Crippen molar-refractivity contribution in [2.75, 3.05) is 26.7 Å². The molecule has 7 nitrogen and oxygen atoms in total. The molecule has 0 radical (unpaired) electrons. The van der Waals surface area contributed by atoms with Gasteiger partial charge in [-0.25, -0.2) is 0 Å². The highest BCUT2D eigenvalue weighted by Gasteiger charge is 2.22. The first-order chi connectivity index (χ1) is 13.5. The molecule has 0 spiro atoms. The lowest BCUT2D eigenvalue weighted by molar-refractivity contribution is 0.0933. The van der Waals surface area contributed by atoms with Crippen molar-refractivity contribution in [3.05, 3.63) is 41.3 Å². The molecule has 2 heterocycles. The molecule has 3 rings (SSSR count). The Labute approximate surface area is 166 Å². The third-order valence-corrected chi connectivity index (χ3v) is 4.92. The van der Waals surface area contributed by atoms with Crippen LogP contribution in [0.2, 0.25) is 0 Å². The van der Waals surface area contributed by atoms with Crippen LogP contribution < -0.4 is 14.8 Å². The van der Waals surface area contributed by atoms with Crippen LogP contribution in [0, 0.1) is 0 Å². The van der Waals surface area contributed by atoms with Crippen molar-refractivity contribution < 1.29 is 18.8 Å². The summed E-state index contributed by atoms with van der Waals surface area (Å²) in [7, 11) is 1.66. The predicted octanol–water partition coefficient (Wildman–Crippen LogP) is 3.21. The standard InChI is InChI=1S/C21H29N3O4/c1-5-16-13-24(12-15-10-17(26-4)6-7-19(15)27-16)9-8-22-21(25)18-11-20(14(2)3)28-23-18/h6-7,10-11,14,16H,5,8-9,12-13H2,1-4H3,(H,22,25). The van der Waals surface area contributed by atoms with E-state index in [0.717, 1.165) is 43.1 Å². The molecule has 0 bridgehead atoms. The second-order valence-corrected chi connectivity index (χ2v) is 7.38. The zero-order chi connectivity index (χ0) is 20.1. The summed E-state index contributed by atoms with van der Waals surface area (Å²) in [5.41, 5.74) is 1.42. The van der Waals surface area contributed by atoms with E-state index in [4.69, 9.17) is 14.0 Å². The summed E-state index contributed by atoms with van der Waals surface area (Å²) in [5.74, 6) is 2.43. The molecule has 1 aromatic heterocycles. The van der Waals surface area contributed by atoms with Crippen LogP contribution in [-0.4, -0.2) is 48.8 Å². The average molecular weight is 387 g/mol. The number of amides is 1. The molecule has 2 aromatic rings. The number of nitrogens with one attached hydrogen (secondary N) is 1. The van der Waals surface area contributed by atoms with Crippen molar-refractivity contribution in [3.63, 3.8) is 0 Å². The maximum Gasteiger partial charge on any atom is 0.273 e. The molecule has 28 heavy (non-hydrogen) atoms. The minimum absolute atomic E-state index is 0.120. The third kappa shape index (κ3) is 4.84. The second-order valence-electron chi connectivity index (χ2n) is 7.38. The average Bonchev–Trinajstić information content (AvgIpc) is 3.12. The van der Waals surface area contributed by atoms with Gasteiger partial charge in [0, 0.05) is 43.7 Å². The van der Waals surface area contributed by atoms with E-state index in [0.29, 0.717) is 18.0 Å².